The largest absolute Gasteiger partial charge is 0.505 e. The van der Waals surface area contributed by atoms with Gasteiger partial charge < -0.3 is 25.2 Å². The Bertz CT molecular complexity index is 975. The lowest BCUT2D eigenvalue weighted by Gasteiger charge is -2.35. The third-order valence-electron chi connectivity index (χ3n) is 6.85. The van der Waals surface area contributed by atoms with E-state index < -0.39 is 11.6 Å². The summed E-state index contributed by atoms with van der Waals surface area (Å²) in [6.45, 7) is 4.13. The number of hydrogen-bond donors (Lipinski definition) is 2. The second-order valence-corrected chi connectivity index (χ2v) is 9.08. The Morgan fingerprint density at radius 1 is 1.18 bits per heavy atom. The molecule has 1 heterocycles. The third kappa shape index (κ3) is 5.24. The van der Waals surface area contributed by atoms with E-state index in [0.717, 1.165) is 43.6 Å². The molecule has 33 heavy (non-hydrogen) atoms. The van der Waals surface area contributed by atoms with Crippen LogP contribution in [0.1, 0.15) is 54.9 Å². The van der Waals surface area contributed by atoms with Crippen LogP contribution in [-0.2, 0) is 6.54 Å². The van der Waals surface area contributed by atoms with Gasteiger partial charge in [-0.25, -0.2) is 4.39 Å². The van der Waals surface area contributed by atoms with Gasteiger partial charge in [0.2, 0.25) is 0 Å². The van der Waals surface area contributed by atoms with E-state index in [1.807, 2.05) is 24.3 Å². The Kier molecular flexibility index (Phi) is 7.38. The van der Waals surface area contributed by atoms with Crippen LogP contribution in [0.15, 0.2) is 36.4 Å². The molecule has 2 aromatic carbocycles. The van der Waals surface area contributed by atoms with Crippen molar-refractivity contribution in [2.75, 3.05) is 19.7 Å². The van der Waals surface area contributed by atoms with Crippen molar-refractivity contribution in [3.8, 4) is 17.2 Å². The van der Waals surface area contributed by atoms with Crippen molar-refractivity contribution in [1.82, 2.24) is 4.90 Å². The minimum Gasteiger partial charge on any atom is -0.505 e. The lowest BCUT2D eigenvalue weighted by atomic mass is 9.78. The second-order valence-electron chi connectivity index (χ2n) is 9.08. The summed E-state index contributed by atoms with van der Waals surface area (Å²) in [7, 11) is 0. The van der Waals surface area contributed by atoms with Crippen LogP contribution in [0, 0.1) is 17.7 Å². The molecule has 7 heteroatoms. The molecule has 2 aliphatic rings. The molecular weight excluding hydrogens is 423 g/mol. The van der Waals surface area contributed by atoms with E-state index in [0.29, 0.717) is 43.6 Å². The van der Waals surface area contributed by atoms with Crippen molar-refractivity contribution in [3.05, 3.63) is 53.3 Å². The maximum atomic E-state index is 14.2. The standard InChI is InChI=1S/C26H33FN2O4/c1-2-23(33-21-5-3-4-20(14-21)32-13-12-28)18-8-6-17(7-9-18)15-29-16-19-10-11-22(30)25(27)24(19)26(29)31/h3-5,10-11,14,17-18,23,30H,2,6-9,12-13,15-16,28H2,1H3. The molecule has 1 aliphatic carbocycles. The first-order valence-corrected chi connectivity index (χ1v) is 11.9. The number of nitrogens with zero attached hydrogens (tertiary/aromatic N) is 1. The van der Waals surface area contributed by atoms with E-state index >= 15 is 0 Å². The first-order chi connectivity index (χ1) is 16.0. The molecule has 1 aliphatic heterocycles. The highest BCUT2D eigenvalue weighted by Crippen LogP contribution is 2.36. The van der Waals surface area contributed by atoms with E-state index in [9.17, 15) is 14.3 Å². The zero-order valence-corrected chi connectivity index (χ0v) is 19.1. The SMILES string of the molecule is CCC(Oc1cccc(OCCN)c1)C1CCC(CN2Cc3ccc(O)c(F)c3C2=O)CC1. The number of aromatic hydroxyl groups is 1. The van der Waals surface area contributed by atoms with Crippen LogP contribution in [0.3, 0.4) is 0 Å². The molecule has 3 N–H and O–H groups in total. The third-order valence-corrected chi connectivity index (χ3v) is 6.85. The Balaban J connectivity index is 1.30. The van der Waals surface area contributed by atoms with Crippen LogP contribution < -0.4 is 15.2 Å². The van der Waals surface area contributed by atoms with Gasteiger partial charge in [0.05, 0.1) is 5.56 Å². The highest BCUT2D eigenvalue weighted by molar-refractivity contribution is 5.99. The van der Waals surface area contributed by atoms with Crippen LogP contribution >= 0.6 is 0 Å². The number of hydrogen-bond acceptors (Lipinski definition) is 5. The Hall–Kier alpha value is -2.80. The van der Waals surface area contributed by atoms with E-state index in [-0.39, 0.29) is 17.6 Å². The number of ether oxygens (including phenoxy) is 2. The molecule has 0 spiro atoms. The summed E-state index contributed by atoms with van der Waals surface area (Å²) in [5.41, 5.74) is 6.20. The number of phenols is 1. The van der Waals surface area contributed by atoms with Crippen molar-refractivity contribution in [2.24, 2.45) is 17.6 Å². The molecule has 0 aromatic heterocycles. The lowest BCUT2D eigenvalue weighted by molar-refractivity contribution is 0.0653. The van der Waals surface area contributed by atoms with Gasteiger partial charge in [-0.2, -0.15) is 0 Å². The first kappa shape index (κ1) is 23.4. The summed E-state index contributed by atoms with van der Waals surface area (Å²) in [6.07, 6.45) is 5.15. The molecular formula is C26H33FN2O4. The number of nitrogens with two attached hydrogens (primary N) is 1. The molecule has 1 atom stereocenters. The smallest absolute Gasteiger partial charge is 0.257 e. The maximum absolute atomic E-state index is 14.2. The number of benzene rings is 2. The van der Waals surface area contributed by atoms with Gasteiger partial charge in [-0.1, -0.05) is 19.1 Å². The van der Waals surface area contributed by atoms with E-state index in [1.54, 1.807) is 11.0 Å². The zero-order chi connectivity index (χ0) is 23.4. The highest BCUT2D eigenvalue weighted by atomic mass is 19.1. The van der Waals surface area contributed by atoms with Gasteiger partial charge in [-0.15, -0.1) is 0 Å². The molecule has 1 amide bonds. The fourth-order valence-electron chi connectivity index (χ4n) is 5.11. The highest BCUT2D eigenvalue weighted by Gasteiger charge is 2.35. The van der Waals surface area contributed by atoms with Crippen LogP contribution in [0.4, 0.5) is 4.39 Å². The average molecular weight is 457 g/mol. The monoisotopic (exact) mass is 456 g/mol. The fourth-order valence-corrected chi connectivity index (χ4v) is 5.11. The number of halogens is 1. The minimum absolute atomic E-state index is 0.0285. The van der Waals surface area contributed by atoms with E-state index in [2.05, 4.69) is 6.92 Å². The fraction of sp³-hybridized carbons (Fsp3) is 0.500. The van der Waals surface area contributed by atoms with Gasteiger partial charge in [0, 0.05) is 25.7 Å². The average Bonchev–Trinajstić information content (AvgIpc) is 3.15. The molecule has 178 valence electrons. The van der Waals surface area contributed by atoms with Gasteiger partial charge in [0.25, 0.3) is 5.91 Å². The van der Waals surface area contributed by atoms with Crippen LogP contribution in [0.2, 0.25) is 0 Å². The molecule has 0 radical (unpaired) electrons. The Labute approximate surface area is 194 Å². The van der Waals surface area contributed by atoms with Gasteiger partial charge in [-0.3, -0.25) is 4.79 Å². The number of carbonyl (C=O) groups excluding carboxylic acids is 1. The topological polar surface area (TPSA) is 85.0 Å². The maximum Gasteiger partial charge on any atom is 0.257 e. The minimum atomic E-state index is -0.802. The van der Waals surface area contributed by atoms with Crippen molar-refractivity contribution >= 4 is 5.91 Å². The van der Waals surface area contributed by atoms with Crippen LogP contribution in [0.5, 0.6) is 17.2 Å². The normalized spacial score (nSPS) is 21.1. The van der Waals surface area contributed by atoms with Gasteiger partial charge >= 0.3 is 0 Å². The number of phenolic OH excluding ortho intramolecular Hbond substituents is 1. The summed E-state index contributed by atoms with van der Waals surface area (Å²) in [5, 5.41) is 9.60. The second kappa shape index (κ2) is 10.4. The Morgan fingerprint density at radius 2 is 1.94 bits per heavy atom. The number of fused-ring (bicyclic) bond motifs is 1. The predicted molar refractivity (Wildman–Crippen MR) is 124 cm³/mol. The van der Waals surface area contributed by atoms with Gasteiger partial charge in [-0.05, 0) is 67.7 Å². The summed E-state index contributed by atoms with van der Waals surface area (Å²) in [5.74, 6) is 0.840. The zero-order valence-electron chi connectivity index (χ0n) is 19.1. The predicted octanol–water partition coefficient (Wildman–Crippen LogP) is 4.49. The summed E-state index contributed by atoms with van der Waals surface area (Å²) in [4.78, 5) is 14.4. The summed E-state index contributed by atoms with van der Waals surface area (Å²) >= 11 is 0. The quantitative estimate of drug-likeness (QED) is 0.581. The van der Waals surface area contributed by atoms with Crippen LogP contribution in [-0.4, -0.2) is 41.7 Å². The van der Waals surface area contributed by atoms with Crippen LogP contribution in [0.25, 0.3) is 0 Å². The number of carbonyl (C=O) groups is 1. The first-order valence-electron chi connectivity index (χ1n) is 11.9. The number of rotatable bonds is 9. The van der Waals surface area contributed by atoms with Crippen molar-refractivity contribution in [1.29, 1.82) is 0 Å². The van der Waals surface area contributed by atoms with Crippen molar-refractivity contribution < 1.29 is 23.8 Å². The van der Waals surface area contributed by atoms with E-state index in [1.165, 1.54) is 6.07 Å². The number of amides is 1. The molecule has 1 fully saturated rings. The molecule has 4 rings (SSSR count). The van der Waals surface area contributed by atoms with E-state index in [4.69, 9.17) is 15.2 Å². The summed E-state index contributed by atoms with van der Waals surface area (Å²) in [6, 6.07) is 10.7. The van der Waals surface area contributed by atoms with Gasteiger partial charge in [0.1, 0.15) is 24.2 Å². The molecule has 6 nitrogen and oxygen atoms in total. The molecule has 1 saturated carbocycles. The molecule has 1 unspecified atom stereocenters. The van der Waals surface area contributed by atoms with Crippen molar-refractivity contribution in [2.45, 2.75) is 51.7 Å². The molecule has 0 saturated heterocycles. The molecule has 2 aromatic rings. The summed E-state index contributed by atoms with van der Waals surface area (Å²) < 4.78 is 26.2. The Morgan fingerprint density at radius 3 is 2.67 bits per heavy atom. The molecule has 0 bridgehead atoms. The van der Waals surface area contributed by atoms with Crippen molar-refractivity contribution in [3.63, 3.8) is 0 Å². The lowest BCUT2D eigenvalue weighted by Crippen LogP contribution is -2.35. The van der Waals surface area contributed by atoms with Gasteiger partial charge in [0.15, 0.2) is 11.6 Å².